The Hall–Kier alpha value is -1.17. The topological polar surface area (TPSA) is 35.9 Å². The van der Waals surface area contributed by atoms with Crippen LogP contribution >= 0.6 is 36.4 Å². The Kier molecular flexibility index (Phi) is 11.9. The van der Waals surface area contributed by atoms with Crippen LogP contribution in [-0.4, -0.2) is 55.4 Å². The number of ether oxygens (including phenoxy) is 1. The Morgan fingerprint density at radius 3 is 2.33 bits per heavy atom. The Morgan fingerprint density at radius 2 is 1.70 bits per heavy atom. The number of β-amino-alcohol motifs (C(OH)–C–C–N with tert-alkyl or cyclic N) is 1. The average molecular weight is 476 g/mol. The van der Waals surface area contributed by atoms with Gasteiger partial charge < -0.3 is 14.7 Å². The second-order valence-corrected chi connectivity index (χ2v) is 8.01. The van der Waals surface area contributed by atoms with E-state index in [1.165, 1.54) is 16.8 Å². The maximum absolute atomic E-state index is 10.4. The van der Waals surface area contributed by atoms with E-state index >= 15 is 0 Å². The van der Waals surface area contributed by atoms with E-state index in [9.17, 15) is 5.11 Å². The van der Waals surface area contributed by atoms with Gasteiger partial charge in [-0.3, -0.25) is 4.90 Å². The first-order valence-corrected chi connectivity index (χ1v) is 10.6. The van der Waals surface area contributed by atoms with Crippen molar-refractivity contribution >= 4 is 42.1 Å². The number of aliphatic hydroxyl groups is 1. The number of piperazine rings is 1. The van der Waals surface area contributed by atoms with Gasteiger partial charge in [0.15, 0.2) is 0 Å². The monoisotopic (exact) mass is 474 g/mol. The maximum Gasteiger partial charge on any atom is 0.119 e. The van der Waals surface area contributed by atoms with Gasteiger partial charge in [-0.2, -0.15) is 0 Å². The zero-order valence-electron chi connectivity index (χ0n) is 17.7. The van der Waals surface area contributed by atoms with Gasteiger partial charge in [-0.25, -0.2) is 0 Å². The summed E-state index contributed by atoms with van der Waals surface area (Å²) in [6.07, 6.45) is 1.74. The highest BCUT2D eigenvalue weighted by Gasteiger charge is 2.20. The first-order chi connectivity index (χ1) is 13.5. The molecule has 4 nitrogen and oxygen atoms in total. The van der Waals surface area contributed by atoms with Crippen molar-refractivity contribution in [2.45, 2.75) is 32.8 Å². The van der Waals surface area contributed by atoms with Crippen molar-refractivity contribution in [1.82, 2.24) is 4.90 Å². The highest BCUT2D eigenvalue weighted by molar-refractivity contribution is 6.30. The van der Waals surface area contributed by atoms with Crippen LogP contribution in [0.2, 0.25) is 5.02 Å². The first-order valence-electron chi connectivity index (χ1n) is 10.2. The lowest BCUT2D eigenvalue weighted by molar-refractivity contribution is 0.0663. The van der Waals surface area contributed by atoms with Crippen LogP contribution in [-0.2, 0) is 6.42 Å². The maximum atomic E-state index is 10.4. The highest BCUT2D eigenvalue weighted by atomic mass is 35.5. The number of rotatable bonds is 8. The molecule has 0 radical (unpaired) electrons. The molecule has 30 heavy (non-hydrogen) atoms. The van der Waals surface area contributed by atoms with Crippen LogP contribution in [0, 0.1) is 6.92 Å². The van der Waals surface area contributed by atoms with Gasteiger partial charge in [-0.05, 0) is 48.7 Å². The van der Waals surface area contributed by atoms with Gasteiger partial charge in [-0.1, -0.05) is 43.1 Å². The SMILES string of the molecule is CCCc1ccc(OCC(O)CN2CCN(c3cc(Cl)ccc3C)CC2)cc1.Cl.Cl. The van der Waals surface area contributed by atoms with E-state index in [1.54, 1.807) is 0 Å². The van der Waals surface area contributed by atoms with Crippen molar-refractivity contribution in [1.29, 1.82) is 0 Å². The molecule has 1 N–H and O–H groups in total. The van der Waals surface area contributed by atoms with Crippen LogP contribution < -0.4 is 9.64 Å². The molecule has 0 aromatic heterocycles. The molecule has 0 bridgehead atoms. The Labute approximate surface area is 198 Å². The third-order valence-corrected chi connectivity index (χ3v) is 5.49. The summed E-state index contributed by atoms with van der Waals surface area (Å²) in [4.78, 5) is 4.67. The predicted molar refractivity (Wildman–Crippen MR) is 131 cm³/mol. The molecule has 0 spiro atoms. The summed E-state index contributed by atoms with van der Waals surface area (Å²) in [5, 5.41) is 11.1. The number of anilines is 1. The zero-order valence-corrected chi connectivity index (χ0v) is 20.1. The molecule has 3 rings (SSSR count). The fraction of sp³-hybridized carbons (Fsp3) is 0.478. The predicted octanol–water partition coefficient (Wildman–Crippen LogP) is 5.01. The number of nitrogens with zero attached hydrogens (tertiary/aromatic N) is 2. The molecule has 2 aromatic carbocycles. The molecule has 1 aliphatic heterocycles. The number of halogens is 3. The van der Waals surface area contributed by atoms with E-state index < -0.39 is 6.10 Å². The molecule has 0 aliphatic carbocycles. The minimum absolute atomic E-state index is 0. The fourth-order valence-corrected chi connectivity index (χ4v) is 3.85. The summed E-state index contributed by atoms with van der Waals surface area (Å²) in [6.45, 7) is 8.98. The quantitative estimate of drug-likeness (QED) is 0.582. The second kappa shape index (κ2) is 13.3. The van der Waals surface area contributed by atoms with Crippen molar-refractivity contribution in [3.8, 4) is 5.75 Å². The van der Waals surface area contributed by atoms with Gasteiger partial charge in [0.05, 0.1) is 0 Å². The van der Waals surface area contributed by atoms with E-state index in [0.29, 0.717) is 13.2 Å². The van der Waals surface area contributed by atoms with Crippen LogP contribution in [0.25, 0.3) is 0 Å². The van der Waals surface area contributed by atoms with Gasteiger partial charge in [0.2, 0.25) is 0 Å². The fourth-order valence-electron chi connectivity index (χ4n) is 3.68. The Bertz CT molecular complexity index is 751. The summed E-state index contributed by atoms with van der Waals surface area (Å²) in [7, 11) is 0. The molecule has 1 saturated heterocycles. The van der Waals surface area contributed by atoms with Crippen molar-refractivity contribution < 1.29 is 9.84 Å². The van der Waals surface area contributed by atoms with Gasteiger partial charge in [-0.15, -0.1) is 24.8 Å². The van der Waals surface area contributed by atoms with E-state index in [4.69, 9.17) is 16.3 Å². The minimum Gasteiger partial charge on any atom is -0.491 e. The van der Waals surface area contributed by atoms with Crippen LogP contribution in [0.3, 0.4) is 0 Å². The number of hydrogen-bond donors (Lipinski definition) is 1. The molecule has 7 heteroatoms. The zero-order chi connectivity index (χ0) is 19.9. The van der Waals surface area contributed by atoms with Crippen LogP contribution in [0.15, 0.2) is 42.5 Å². The number of hydrogen-bond acceptors (Lipinski definition) is 4. The second-order valence-electron chi connectivity index (χ2n) is 7.58. The largest absolute Gasteiger partial charge is 0.491 e. The molecular formula is C23H33Cl3N2O2. The molecule has 1 heterocycles. The lowest BCUT2D eigenvalue weighted by Gasteiger charge is -2.37. The van der Waals surface area contributed by atoms with Gasteiger partial charge in [0.1, 0.15) is 18.5 Å². The van der Waals surface area contributed by atoms with Crippen molar-refractivity contribution in [3.05, 3.63) is 58.6 Å². The van der Waals surface area contributed by atoms with Crippen LogP contribution in [0.1, 0.15) is 24.5 Å². The lowest BCUT2D eigenvalue weighted by Crippen LogP contribution is -2.49. The molecular weight excluding hydrogens is 443 g/mol. The third kappa shape index (κ3) is 7.82. The summed E-state index contributed by atoms with van der Waals surface area (Å²) >= 11 is 6.16. The third-order valence-electron chi connectivity index (χ3n) is 5.26. The standard InChI is InChI=1S/C23H31ClN2O2.2ClH/c1-3-4-19-6-9-22(10-7-19)28-17-21(27)16-25-11-13-26(14-12-25)23-15-20(24)8-5-18(23)2;;/h5-10,15,21,27H,3-4,11-14,16-17H2,1-2H3;2*1H. The van der Waals surface area contributed by atoms with E-state index in [1.807, 2.05) is 24.3 Å². The minimum atomic E-state index is -0.491. The van der Waals surface area contributed by atoms with Crippen LogP contribution in [0.5, 0.6) is 5.75 Å². The van der Waals surface area contributed by atoms with Crippen LogP contribution in [0.4, 0.5) is 5.69 Å². The number of benzene rings is 2. The van der Waals surface area contributed by atoms with Gasteiger partial charge in [0.25, 0.3) is 0 Å². The van der Waals surface area contributed by atoms with Crippen molar-refractivity contribution in [2.24, 2.45) is 0 Å². The molecule has 0 saturated carbocycles. The molecule has 1 aliphatic rings. The molecule has 2 aromatic rings. The van der Waals surface area contributed by atoms with Crippen molar-refractivity contribution in [3.63, 3.8) is 0 Å². The Balaban J connectivity index is 0.00000225. The normalized spacial score (nSPS) is 15.1. The molecule has 168 valence electrons. The molecule has 1 fully saturated rings. The summed E-state index contributed by atoms with van der Waals surface area (Å²) in [5.74, 6) is 0.820. The summed E-state index contributed by atoms with van der Waals surface area (Å²) in [6, 6.07) is 14.2. The summed E-state index contributed by atoms with van der Waals surface area (Å²) in [5.41, 5.74) is 3.78. The van der Waals surface area contributed by atoms with E-state index in [0.717, 1.165) is 49.8 Å². The Morgan fingerprint density at radius 1 is 1.03 bits per heavy atom. The van der Waals surface area contributed by atoms with Gasteiger partial charge in [0, 0.05) is 43.4 Å². The molecule has 0 amide bonds. The number of aryl methyl sites for hydroxylation is 2. The summed E-state index contributed by atoms with van der Waals surface area (Å²) < 4.78 is 5.76. The van der Waals surface area contributed by atoms with E-state index in [-0.39, 0.29) is 24.8 Å². The number of aliphatic hydroxyl groups excluding tert-OH is 1. The van der Waals surface area contributed by atoms with Crippen molar-refractivity contribution in [2.75, 3.05) is 44.2 Å². The van der Waals surface area contributed by atoms with E-state index in [2.05, 4.69) is 41.8 Å². The average Bonchev–Trinajstić information content (AvgIpc) is 2.70. The lowest BCUT2D eigenvalue weighted by atomic mass is 10.1. The molecule has 1 unspecified atom stereocenters. The van der Waals surface area contributed by atoms with Gasteiger partial charge >= 0.3 is 0 Å². The molecule has 1 atom stereocenters. The highest BCUT2D eigenvalue weighted by Crippen LogP contribution is 2.25. The first kappa shape index (κ1) is 26.9. The smallest absolute Gasteiger partial charge is 0.119 e.